The third kappa shape index (κ3) is 4.48. The first kappa shape index (κ1) is 22.5. The van der Waals surface area contributed by atoms with Gasteiger partial charge < -0.3 is 24.8 Å². The molecule has 0 bridgehead atoms. The normalized spacial score (nSPS) is 22.8. The molecular weight excluding hydrogens is 489 g/mol. The van der Waals surface area contributed by atoms with Crippen molar-refractivity contribution in [1.29, 1.82) is 0 Å². The van der Waals surface area contributed by atoms with Crippen LogP contribution in [-0.4, -0.2) is 71.5 Å². The molecule has 0 saturated carbocycles. The molecule has 2 saturated heterocycles. The molecule has 4 atom stereocenters. The molecule has 6 rings (SSSR count). The Morgan fingerprint density at radius 3 is 2.64 bits per heavy atom. The van der Waals surface area contributed by atoms with E-state index >= 15 is 0 Å². The second kappa shape index (κ2) is 9.56. The van der Waals surface area contributed by atoms with Gasteiger partial charge in [-0.25, -0.2) is 14.1 Å². The Bertz CT molecular complexity index is 1330. The fourth-order valence-corrected chi connectivity index (χ4v) is 4.53. The van der Waals surface area contributed by atoms with Gasteiger partial charge in [-0.1, -0.05) is 5.10 Å². The quantitative estimate of drug-likeness (QED) is 0.370. The van der Waals surface area contributed by atoms with Crippen LogP contribution < -0.4 is 15.4 Å². The number of nitrogens with zero attached hydrogens (tertiary/aromatic N) is 7. The summed E-state index contributed by atoms with van der Waals surface area (Å²) in [4.78, 5) is 3.95. The van der Waals surface area contributed by atoms with E-state index in [0.717, 1.165) is 5.69 Å². The Kier molecular flexibility index (Phi) is 5.96. The van der Waals surface area contributed by atoms with Gasteiger partial charge in [0.1, 0.15) is 42.5 Å². The van der Waals surface area contributed by atoms with E-state index in [1.807, 2.05) is 12.1 Å². The van der Waals surface area contributed by atoms with Crippen molar-refractivity contribution in [3.05, 3.63) is 67.0 Å². The number of anilines is 1. The number of tetrazole rings is 1. The molecule has 2 fully saturated rings. The van der Waals surface area contributed by atoms with Crippen molar-refractivity contribution in [2.45, 2.75) is 24.3 Å². The van der Waals surface area contributed by atoms with Gasteiger partial charge in [0.15, 0.2) is 5.11 Å². The summed E-state index contributed by atoms with van der Waals surface area (Å²) in [6.45, 7) is 0.734. The van der Waals surface area contributed by atoms with Crippen LogP contribution in [0.5, 0.6) is 11.8 Å². The van der Waals surface area contributed by atoms with Crippen LogP contribution in [-0.2, 0) is 9.47 Å². The number of halogens is 1. The summed E-state index contributed by atoms with van der Waals surface area (Å²) in [6.07, 6.45) is 2.52. The zero-order chi connectivity index (χ0) is 24.5. The summed E-state index contributed by atoms with van der Waals surface area (Å²) in [5, 5.41) is 22.7. The topological polar surface area (TPSA) is 126 Å². The Labute approximate surface area is 209 Å². The van der Waals surface area contributed by atoms with E-state index in [9.17, 15) is 4.39 Å². The molecule has 0 aliphatic carbocycles. The SMILES string of the molecule is Fc1ccc(NC(=S)N[C@@H]2CO[C@@H]3[C@@H]2OC[C@@H]3n2nnnc2Oc2ccc(-n3cncn3)cc2)cc1. The number of rotatable bonds is 6. The van der Waals surface area contributed by atoms with Gasteiger partial charge in [-0.15, -0.1) is 0 Å². The molecule has 2 N–H and O–H groups in total. The van der Waals surface area contributed by atoms with E-state index in [1.54, 1.807) is 40.0 Å². The molecule has 0 radical (unpaired) electrons. The lowest BCUT2D eigenvalue weighted by Crippen LogP contribution is -2.45. The highest BCUT2D eigenvalue weighted by Gasteiger charge is 2.50. The maximum atomic E-state index is 13.1. The minimum absolute atomic E-state index is 0.175. The van der Waals surface area contributed by atoms with Crippen LogP contribution in [0.3, 0.4) is 0 Å². The number of hydrogen-bond acceptors (Lipinski definition) is 9. The molecule has 0 spiro atoms. The second-order valence-corrected chi connectivity index (χ2v) is 8.63. The van der Waals surface area contributed by atoms with E-state index in [-0.39, 0.29) is 36.1 Å². The smallest absolute Gasteiger partial charge is 0.341 e. The zero-order valence-electron chi connectivity index (χ0n) is 18.6. The molecule has 14 heteroatoms. The summed E-state index contributed by atoms with van der Waals surface area (Å²) in [6, 6.07) is 13.0. The van der Waals surface area contributed by atoms with Gasteiger partial charge in [-0.2, -0.15) is 9.78 Å². The Morgan fingerprint density at radius 1 is 1.06 bits per heavy atom. The number of benzene rings is 2. The average molecular weight is 510 g/mol. The summed E-state index contributed by atoms with van der Waals surface area (Å²) >= 11 is 5.41. The van der Waals surface area contributed by atoms with Gasteiger partial charge in [0.25, 0.3) is 0 Å². The number of aromatic nitrogens is 7. The highest BCUT2D eigenvalue weighted by atomic mass is 32.1. The maximum Gasteiger partial charge on any atom is 0.341 e. The largest absolute Gasteiger partial charge is 0.423 e. The van der Waals surface area contributed by atoms with Gasteiger partial charge in [0.05, 0.1) is 24.9 Å². The van der Waals surface area contributed by atoms with Gasteiger partial charge in [-0.3, -0.25) is 0 Å². The van der Waals surface area contributed by atoms with Crippen molar-refractivity contribution in [1.82, 2.24) is 40.3 Å². The van der Waals surface area contributed by atoms with Crippen molar-refractivity contribution in [3.63, 3.8) is 0 Å². The molecule has 2 aromatic heterocycles. The summed E-state index contributed by atoms with van der Waals surface area (Å²) in [5.74, 6) is 0.251. The molecule has 2 aliphatic rings. The van der Waals surface area contributed by atoms with E-state index < -0.39 is 0 Å². The standard InChI is InChI=1S/C22H20FN9O3S/c23-13-1-3-14(4-2-13)26-21(36)27-17-9-33-20-18(10-34-19(17)20)32-22(28-29-30-32)35-16-7-5-15(6-8-16)31-12-24-11-25-31/h1-8,11-12,17-20H,9-10H2,(H2,26,27,36)/t17-,18+,19-,20+/m1/s1. The van der Waals surface area contributed by atoms with Crippen molar-refractivity contribution < 1.29 is 18.6 Å². The maximum absolute atomic E-state index is 13.1. The van der Waals surface area contributed by atoms with E-state index in [4.69, 9.17) is 26.4 Å². The highest BCUT2D eigenvalue weighted by Crippen LogP contribution is 2.36. The number of hydrogen-bond donors (Lipinski definition) is 2. The first-order valence-corrected chi connectivity index (χ1v) is 11.5. The third-order valence-corrected chi connectivity index (χ3v) is 6.17. The monoisotopic (exact) mass is 509 g/mol. The Balaban J connectivity index is 1.10. The predicted octanol–water partition coefficient (Wildman–Crippen LogP) is 1.88. The fraction of sp³-hybridized carbons (Fsp3) is 0.273. The van der Waals surface area contributed by atoms with Crippen molar-refractivity contribution in [2.75, 3.05) is 18.5 Å². The van der Waals surface area contributed by atoms with Crippen LogP contribution in [0.1, 0.15) is 6.04 Å². The van der Waals surface area contributed by atoms with Crippen LogP contribution in [0, 0.1) is 5.82 Å². The van der Waals surface area contributed by atoms with E-state index in [0.29, 0.717) is 29.8 Å². The molecule has 0 amide bonds. The van der Waals surface area contributed by atoms with Gasteiger partial charge >= 0.3 is 6.01 Å². The third-order valence-electron chi connectivity index (χ3n) is 5.95. The van der Waals surface area contributed by atoms with E-state index in [1.165, 1.54) is 18.5 Å². The number of fused-ring (bicyclic) bond motifs is 1. The van der Waals surface area contributed by atoms with E-state index in [2.05, 4.69) is 36.2 Å². The number of ether oxygens (including phenoxy) is 3. The number of nitrogens with one attached hydrogen (secondary N) is 2. The lowest BCUT2D eigenvalue weighted by molar-refractivity contribution is 0.0615. The molecule has 0 unspecified atom stereocenters. The molecule has 36 heavy (non-hydrogen) atoms. The van der Waals surface area contributed by atoms with Crippen molar-refractivity contribution in [2.24, 2.45) is 0 Å². The van der Waals surface area contributed by atoms with Crippen LogP contribution in [0.4, 0.5) is 10.1 Å². The minimum atomic E-state index is -0.313. The van der Waals surface area contributed by atoms with Crippen LogP contribution >= 0.6 is 12.2 Å². The lowest BCUT2D eigenvalue weighted by atomic mass is 10.1. The second-order valence-electron chi connectivity index (χ2n) is 8.22. The molecule has 4 heterocycles. The molecule has 2 aromatic carbocycles. The fourth-order valence-electron chi connectivity index (χ4n) is 4.26. The average Bonchev–Trinajstić information content (AvgIpc) is 3.68. The molecule has 12 nitrogen and oxygen atoms in total. The molecule has 4 aromatic rings. The predicted molar refractivity (Wildman–Crippen MR) is 127 cm³/mol. The number of thiocarbonyl (C=S) groups is 1. The zero-order valence-corrected chi connectivity index (χ0v) is 19.5. The van der Waals surface area contributed by atoms with Crippen LogP contribution in [0.2, 0.25) is 0 Å². The van der Waals surface area contributed by atoms with Crippen molar-refractivity contribution in [3.8, 4) is 17.4 Å². The van der Waals surface area contributed by atoms with Crippen LogP contribution in [0.15, 0.2) is 61.2 Å². The van der Waals surface area contributed by atoms with Crippen molar-refractivity contribution >= 4 is 23.0 Å². The van der Waals surface area contributed by atoms with Gasteiger partial charge in [0, 0.05) is 5.69 Å². The first-order chi connectivity index (χ1) is 17.6. The minimum Gasteiger partial charge on any atom is -0.423 e. The first-order valence-electron chi connectivity index (χ1n) is 11.1. The molecule has 184 valence electrons. The van der Waals surface area contributed by atoms with Gasteiger partial charge in [-0.05, 0) is 71.2 Å². The van der Waals surface area contributed by atoms with Gasteiger partial charge in [0.2, 0.25) is 0 Å². The molecule has 2 aliphatic heterocycles. The van der Waals surface area contributed by atoms with Crippen LogP contribution in [0.25, 0.3) is 5.69 Å². The molecular formula is C22H20FN9O3S. The Morgan fingerprint density at radius 2 is 1.86 bits per heavy atom. The summed E-state index contributed by atoms with van der Waals surface area (Å²) in [7, 11) is 0. The highest BCUT2D eigenvalue weighted by molar-refractivity contribution is 7.80. The Hall–Kier alpha value is -4.01. The summed E-state index contributed by atoms with van der Waals surface area (Å²) < 4.78 is 34.4. The summed E-state index contributed by atoms with van der Waals surface area (Å²) in [5.41, 5.74) is 1.52. The lowest BCUT2D eigenvalue weighted by Gasteiger charge is -2.20.